The van der Waals surface area contributed by atoms with Crippen molar-refractivity contribution in [3.63, 3.8) is 0 Å². The molecule has 0 amide bonds. The molecule has 0 fully saturated rings. The molecule has 21 heavy (non-hydrogen) atoms. The summed E-state index contributed by atoms with van der Waals surface area (Å²) in [5.41, 5.74) is 0.710. The highest BCUT2D eigenvalue weighted by Crippen LogP contribution is 2.28. The van der Waals surface area contributed by atoms with Gasteiger partial charge >= 0.3 is 5.69 Å². The van der Waals surface area contributed by atoms with E-state index in [0.29, 0.717) is 18.0 Å². The van der Waals surface area contributed by atoms with Gasteiger partial charge in [-0.1, -0.05) is 15.9 Å². The fourth-order valence-electron chi connectivity index (χ4n) is 1.95. The third kappa shape index (κ3) is 3.18. The van der Waals surface area contributed by atoms with Crippen LogP contribution in [0.1, 0.15) is 5.69 Å². The first kappa shape index (κ1) is 15.4. The maximum Gasteiger partial charge on any atom is 0.330 e. The van der Waals surface area contributed by atoms with Gasteiger partial charge in [0.1, 0.15) is 5.75 Å². The first-order valence-corrected chi connectivity index (χ1v) is 7.06. The molecule has 0 aliphatic carbocycles. The van der Waals surface area contributed by atoms with Crippen molar-refractivity contribution in [3.05, 3.63) is 55.3 Å². The van der Waals surface area contributed by atoms with Crippen molar-refractivity contribution in [1.29, 1.82) is 0 Å². The molecule has 2 aromatic rings. The fourth-order valence-corrected chi connectivity index (χ4v) is 2.31. The van der Waals surface area contributed by atoms with E-state index in [9.17, 15) is 9.59 Å². The van der Waals surface area contributed by atoms with E-state index in [1.807, 2.05) is 18.2 Å². The summed E-state index contributed by atoms with van der Waals surface area (Å²) in [6.45, 7) is 0.342. The number of rotatable bonds is 4. The summed E-state index contributed by atoms with van der Waals surface area (Å²) in [4.78, 5) is 23.6. The molecule has 0 unspecified atom stereocenters. The third-order valence-corrected chi connectivity index (χ3v) is 3.74. The zero-order chi connectivity index (χ0) is 15.6. The Labute approximate surface area is 130 Å². The highest BCUT2D eigenvalue weighted by molar-refractivity contribution is 9.10. The molecule has 0 saturated carbocycles. The molecular formula is C14H16BrN3O3. The molecular weight excluding hydrogens is 338 g/mol. The zero-order valence-electron chi connectivity index (χ0n) is 12.0. The molecule has 6 nitrogen and oxygen atoms in total. The van der Waals surface area contributed by atoms with E-state index in [1.165, 1.54) is 17.7 Å². The van der Waals surface area contributed by atoms with Gasteiger partial charge in [0.15, 0.2) is 0 Å². The molecule has 2 rings (SSSR count). The lowest BCUT2D eigenvalue weighted by Crippen LogP contribution is -2.38. The van der Waals surface area contributed by atoms with Crippen LogP contribution in [0, 0.1) is 0 Å². The van der Waals surface area contributed by atoms with Gasteiger partial charge in [-0.05, 0) is 18.2 Å². The second-order valence-corrected chi connectivity index (χ2v) is 5.49. The van der Waals surface area contributed by atoms with E-state index in [-0.39, 0.29) is 11.2 Å². The Hall–Kier alpha value is -2.02. The molecule has 0 saturated heterocycles. The zero-order valence-corrected chi connectivity index (χ0v) is 13.6. The van der Waals surface area contributed by atoms with E-state index < -0.39 is 0 Å². The van der Waals surface area contributed by atoms with Gasteiger partial charge in [0.25, 0.3) is 5.56 Å². The Morgan fingerprint density at radius 1 is 1.19 bits per heavy atom. The minimum atomic E-state index is -0.347. The molecule has 0 spiro atoms. The predicted octanol–water partition coefficient (Wildman–Crippen LogP) is 1.47. The monoisotopic (exact) mass is 353 g/mol. The predicted molar refractivity (Wildman–Crippen MR) is 84.9 cm³/mol. The van der Waals surface area contributed by atoms with Crippen molar-refractivity contribution in [3.8, 4) is 5.75 Å². The molecule has 0 radical (unpaired) electrons. The summed E-state index contributed by atoms with van der Waals surface area (Å²) in [6.07, 6.45) is 0. The summed E-state index contributed by atoms with van der Waals surface area (Å²) < 4.78 is 8.69. The molecule has 1 aromatic carbocycles. The number of aromatic nitrogens is 2. The number of benzene rings is 1. The second kappa shape index (κ2) is 6.17. The largest absolute Gasteiger partial charge is 0.495 e. The first-order valence-electron chi connectivity index (χ1n) is 6.27. The summed E-state index contributed by atoms with van der Waals surface area (Å²) in [7, 11) is 4.68. The number of nitrogens with zero attached hydrogens (tertiary/aromatic N) is 2. The first-order chi connectivity index (χ1) is 9.93. The van der Waals surface area contributed by atoms with Crippen molar-refractivity contribution in [2.45, 2.75) is 6.54 Å². The lowest BCUT2D eigenvalue weighted by Gasteiger charge is -2.14. The van der Waals surface area contributed by atoms with Crippen molar-refractivity contribution in [2.75, 3.05) is 12.4 Å². The summed E-state index contributed by atoms with van der Waals surface area (Å²) >= 11 is 3.39. The van der Waals surface area contributed by atoms with E-state index in [4.69, 9.17) is 4.74 Å². The van der Waals surface area contributed by atoms with E-state index >= 15 is 0 Å². The molecule has 1 aromatic heterocycles. The second-order valence-electron chi connectivity index (χ2n) is 4.57. The normalized spacial score (nSPS) is 10.5. The van der Waals surface area contributed by atoms with E-state index in [0.717, 1.165) is 14.7 Å². The van der Waals surface area contributed by atoms with Crippen molar-refractivity contribution >= 4 is 21.6 Å². The van der Waals surface area contributed by atoms with Crippen LogP contribution < -0.4 is 21.3 Å². The highest BCUT2D eigenvalue weighted by Gasteiger charge is 2.08. The average molecular weight is 354 g/mol. The van der Waals surface area contributed by atoms with Crippen LogP contribution in [0.5, 0.6) is 5.75 Å². The number of ether oxygens (including phenoxy) is 1. The van der Waals surface area contributed by atoms with Crippen LogP contribution in [0.15, 0.2) is 38.3 Å². The SMILES string of the molecule is COc1ccc(Br)cc1NCc1cc(=O)n(C)c(=O)n1C. The Morgan fingerprint density at radius 2 is 1.90 bits per heavy atom. The molecule has 0 aliphatic rings. The molecule has 1 heterocycles. The number of nitrogens with one attached hydrogen (secondary N) is 1. The number of hydrogen-bond donors (Lipinski definition) is 1. The highest BCUT2D eigenvalue weighted by atomic mass is 79.9. The van der Waals surface area contributed by atoms with Gasteiger partial charge in [-0.15, -0.1) is 0 Å². The molecule has 1 N–H and O–H groups in total. The van der Waals surface area contributed by atoms with Crippen LogP contribution in [0.3, 0.4) is 0 Å². The minimum Gasteiger partial charge on any atom is -0.495 e. The third-order valence-electron chi connectivity index (χ3n) is 3.25. The Balaban J connectivity index is 2.31. The summed E-state index contributed by atoms with van der Waals surface area (Å²) in [5, 5.41) is 3.17. The lowest BCUT2D eigenvalue weighted by molar-refractivity contribution is 0.416. The fraction of sp³-hybridized carbons (Fsp3) is 0.286. The maximum atomic E-state index is 11.9. The van der Waals surface area contributed by atoms with Crippen LogP contribution in [0.25, 0.3) is 0 Å². The maximum absolute atomic E-state index is 11.9. The molecule has 7 heteroatoms. The standard InChI is InChI=1S/C14H16BrN3O3/c1-17-10(7-13(19)18(2)14(17)20)8-16-11-6-9(15)4-5-12(11)21-3/h4-7,16H,8H2,1-3H3. The summed E-state index contributed by atoms with van der Waals surface area (Å²) in [5.74, 6) is 0.687. The number of halogens is 1. The van der Waals surface area contributed by atoms with Crippen molar-refractivity contribution < 1.29 is 4.74 Å². The van der Waals surface area contributed by atoms with Crippen LogP contribution in [-0.2, 0) is 20.6 Å². The molecule has 0 atom stereocenters. The van der Waals surface area contributed by atoms with E-state index in [2.05, 4.69) is 21.2 Å². The van der Waals surface area contributed by atoms with Gasteiger partial charge in [-0.2, -0.15) is 0 Å². The average Bonchev–Trinajstić information content (AvgIpc) is 2.47. The summed E-state index contributed by atoms with van der Waals surface area (Å²) in [6, 6.07) is 7.02. The van der Waals surface area contributed by atoms with Crippen LogP contribution in [0.4, 0.5) is 5.69 Å². The lowest BCUT2D eigenvalue weighted by atomic mass is 10.3. The van der Waals surface area contributed by atoms with Gasteiger partial charge in [0, 0.05) is 30.3 Å². The number of hydrogen-bond acceptors (Lipinski definition) is 4. The Bertz CT molecular complexity index is 780. The van der Waals surface area contributed by atoms with Crippen LogP contribution >= 0.6 is 15.9 Å². The van der Waals surface area contributed by atoms with Crippen LogP contribution in [-0.4, -0.2) is 16.2 Å². The van der Waals surface area contributed by atoms with Gasteiger partial charge < -0.3 is 10.1 Å². The van der Waals surface area contributed by atoms with E-state index in [1.54, 1.807) is 14.2 Å². The van der Waals surface area contributed by atoms with Crippen LogP contribution in [0.2, 0.25) is 0 Å². The van der Waals surface area contributed by atoms with Crippen molar-refractivity contribution in [1.82, 2.24) is 9.13 Å². The minimum absolute atomic E-state index is 0.323. The molecule has 0 bridgehead atoms. The smallest absolute Gasteiger partial charge is 0.330 e. The van der Waals surface area contributed by atoms with Crippen molar-refractivity contribution in [2.24, 2.45) is 14.1 Å². The quantitative estimate of drug-likeness (QED) is 0.903. The Kier molecular flexibility index (Phi) is 4.52. The van der Waals surface area contributed by atoms with Gasteiger partial charge in [0.2, 0.25) is 0 Å². The van der Waals surface area contributed by atoms with Gasteiger partial charge in [0.05, 0.1) is 19.3 Å². The molecule has 0 aliphatic heterocycles. The number of methoxy groups -OCH3 is 1. The van der Waals surface area contributed by atoms with Gasteiger partial charge in [-0.25, -0.2) is 4.79 Å². The Morgan fingerprint density at radius 3 is 2.57 bits per heavy atom. The number of anilines is 1. The molecule has 112 valence electrons. The topological polar surface area (TPSA) is 65.3 Å². The van der Waals surface area contributed by atoms with Gasteiger partial charge in [-0.3, -0.25) is 13.9 Å².